The van der Waals surface area contributed by atoms with Crippen LogP contribution in [-0.2, 0) is 5.41 Å². The predicted molar refractivity (Wildman–Crippen MR) is 66.7 cm³/mol. The maximum atomic E-state index is 12.5. The van der Waals surface area contributed by atoms with Crippen molar-refractivity contribution in [3.63, 3.8) is 0 Å². The lowest BCUT2D eigenvalue weighted by Gasteiger charge is -2.19. The molecule has 3 nitrogen and oxygen atoms in total. The van der Waals surface area contributed by atoms with E-state index < -0.39 is 5.41 Å². The van der Waals surface area contributed by atoms with Gasteiger partial charge in [0, 0.05) is 17.3 Å². The number of pyridine rings is 1. The summed E-state index contributed by atoms with van der Waals surface area (Å²) >= 11 is 0. The Balaban J connectivity index is 2.23. The van der Waals surface area contributed by atoms with Crippen LogP contribution >= 0.6 is 0 Å². The number of hydrogen-bond donors (Lipinski definition) is 0. The number of benzene rings is 1. The number of Topliss-reactive ketones (excluding diaryl/α,β-unsaturated/α-hetero) is 2. The van der Waals surface area contributed by atoms with Crippen LogP contribution in [0.4, 0.5) is 0 Å². The van der Waals surface area contributed by atoms with Gasteiger partial charge in [0.15, 0.2) is 11.6 Å². The number of aromatic nitrogens is 1. The molecule has 0 amide bonds. The summed E-state index contributed by atoms with van der Waals surface area (Å²) in [4.78, 5) is 29.1. The summed E-state index contributed by atoms with van der Waals surface area (Å²) < 4.78 is 0. The quantitative estimate of drug-likeness (QED) is 0.715. The van der Waals surface area contributed by atoms with Crippen LogP contribution in [0.3, 0.4) is 0 Å². The van der Waals surface area contributed by atoms with Gasteiger partial charge >= 0.3 is 0 Å². The van der Waals surface area contributed by atoms with Crippen molar-refractivity contribution < 1.29 is 9.59 Å². The summed E-state index contributed by atoms with van der Waals surface area (Å²) in [7, 11) is 0. The molecular formula is C15H11NO2. The third kappa shape index (κ3) is 1.21. The molecule has 3 heteroatoms. The molecule has 0 aliphatic heterocycles. The topological polar surface area (TPSA) is 47.0 Å². The Kier molecular flexibility index (Phi) is 2.17. The van der Waals surface area contributed by atoms with Crippen LogP contribution in [0.15, 0.2) is 48.7 Å². The second-order valence-corrected chi connectivity index (χ2v) is 4.54. The van der Waals surface area contributed by atoms with Gasteiger partial charge < -0.3 is 0 Å². The lowest BCUT2D eigenvalue weighted by Crippen LogP contribution is -2.35. The van der Waals surface area contributed by atoms with Gasteiger partial charge in [0.25, 0.3) is 0 Å². The maximum Gasteiger partial charge on any atom is 0.183 e. The molecule has 1 aromatic heterocycles. The molecule has 0 saturated heterocycles. The Morgan fingerprint density at radius 2 is 1.44 bits per heavy atom. The predicted octanol–water partition coefficient (Wildman–Crippen LogP) is 2.42. The zero-order valence-corrected chi connectivity index (χ0v) is 9.88. The molecular weight excluding hydrogens is 226 g/mol. The lowest BCUT2D eigenvalue weighted by atomic mass is 9.81. The Labute approximate surface area is 104 Å². The summed E-state index contributed by atoms with van der Waals surface area (Å²) in [6.45, 7) is 1.65. The molecule has 3 rings (SSSR count). The minimum atomic E-state index is -1.18. The molecule has 0 N–H and O–H groups in total. The van der Waals surface area contributed by atoms with Crippen LogP contribution in [0.5, 0.6) is 0 Å². The molecule has 0 unspecified atom stereocenters. The Morgan fingerprint density at radius 3 is 1.94 bits per heavy atom. The molecule has 0 saturated carbocycles. The average Bonchev–Trinajstić information content (AvgIpc) is 2.64. The molecule has 0 radical (unpaired) electrons. The van der Waals surface area contributed by atoms with Gasteiger partial charge in [-0.25, -0.2) is 0 Å². The number of ketones is 2. The van der Waals surface area contributed by atoms with E-state index in [1.807, 2.05) is 0 Å². The monoisotopic (exact) mass is 237 g/mol. The van der Waals surface area contributed by atoms with Crippen molar-refractivity contribution in [3.05, 3.63) is 65.5 Å². The van der Waals surface area contributed by atoms with Gasteiger partial charge in [-0.1, -0.05) is 30.3 Å². The van der Waals surface area contributed by atoms with Crippen LogP contribution in [-0.4, -0.2) is 16.6 Å². The van der Waals surface area contributed by atoms with E-state index in [4.69, 9.17) is 0 Å². The van der Waals surface area contributed by atoms with Crippen molar-refractivity contribution in [2.45, 2.75) is 12.3 Å². The highest BCUT2D eigenvalue weighted by Crippen LogP contribution is 2.38. The molecule has 0 spiro atoms. The molecule has 1 heterocycles. The number of hydrogen-bond acceptors (Lipinski definition) is 3. The molecule has 0 atom stereocenters. The first-order valence-corrected chi connectivity index (χ1v) is 5.76. The van der Waals surface area contributed by atoms with E-state index in [1.54, 1.807) is 55.6 Å². The van der Waals surface area contributed by atoms with E-state index in [-0.39, 0.29) is 11.6 Å². The van der Waals surface area contributed by atoms with E-state index in [0.29, 0.717) is 16.8 Å². The molecule has 0 fully saturated rings. The number of rotatable bonds is 1. The summed E-state index contributed by atoms with van der Waals surface area (Å²) in [6.07, 6.45) is 1.60. The standard InChI is InChI=1S/C15H11NO2/c1-15(12-8-4-5-9-16-12)13(17)10-6-2-3-7-11(10)14(15)18/h2-9H,1H3. The summed E-state index contributed by atoms with van der Waals surface area (Å²) in [5, 5.41) is 0. The molecule has 88 valence electrons. The van der Waals surface area contributed by atoms with E-state index >= 15 is 0 Å². The lowest BCUT2D eigenvalue weighted by molar-refractivity contribution is 0.0807. The first-order valence-electron chi connectivity index (χ1n) is 5.76. The van der Waals surface area contributed by atoms with Crippen molar-refractivity contribution in [3.8, 4) is 0 Å². The van der Waals surface area contributed by atoms with Gasteiger partial charge in [-0.05, 0) is 19.1 Å². The first kappa shape index (κ1) is 10.8. The first-order chi connectivity index (χ1) is 8.65. The molecule has 2 aromatic rings. The van der Waals surface area contributed by atoms with Crippen LogP contribution < -0.4 is 0 Å². The van der Waals surface area contributed by atoms with E-state index in [2.05, 4.69) is 4.98 Å². The fraction of sp³-hybridized carbons (Fsp3) is 0.133. The van der Waals surface area contributed by atoms with E-state index in [1.165, 1.54) is 0 Å². The van der Waals surface area contributed by atoms with E-state index in [0.717, 1.165) is 0 Å². The number of nitrogens with zero attached hydrogens (tertiary/aromatic N) is 1. The van der Waals surface area contributed by atoms with Crippen molar-refractivity contribution in [1.82, 2.24) is 4.98 Å². The normalized spacial score (nSPS) is 16.7. The van der Waals surface area contributed by atoms with Crippen LogP contribution in [0.25, 0.3) is 0 Å². The molecule has 1 aromatic carbocycles. The van der Waals surface area contributed by atoms with Crippen LogP contribution in [0.2, 0.25) is 0 Å². The van der Waals surface area contributed by atoms with Crippen LogP contribution in [0.1, 0.15) is 33.3 Å². The molecule has 18 heavy (non-hydrogen) atoms. The van der Waals surface area contributed by atoms with Gasteiger partial charge in [-0.3, -0.25) is 14.6 Å². The number of fused-ring (bicyclic) bond motifs is 1. The van der Waals surface area contributed by atoms with Crippen molar-refractivity contribution >= 4 is 11.6 Å². The van der Waals surface area contributed by atoms with Gasteiger partial charge in [0.05, 0.1) is 5.69 Å². The average molecular weight is 237 g/mol. The maximum absolute atomic E-state index is 12.5. The third-order valence-corrected chi connectivity index (χ3v) is 3.50. The molecule has 0 bridgehead atoms. The third-order valence-electron chi connectivity index (χ3n) is 3.50. The fourth-order valence-electron chi connectivity index (χ4n) is 2.41. The van der Waals surface area contributed by atoms with Gasteiger partial charge in [-0.2, -0.15) is 0 Å². The number of carbonyl (C=O) groups excluding carboxylic acids is 2. The number of carbonyl (C=O) groups is 2. The highest BCUT2D eigenvalue weighted by molar-refractivity contribution is 6.32. The van der Waals surface area contributed by atoms with Gasteiger partial charge in [-0.15, -0.1) is 0 Å². The SMILES string of the molecule is CC1(c2ccccn2)C(=O)c2ccccc2C1=O. The largest absolute Gasteiger partial charge is 0.293 e. The van der Waals surface area contributed by atoms with Crippen LogP contribution in [0, 0.1) is 0 Å². The highest BCUT2D eigenvalue weighted by Gasteiger charge is 2.51. The minimum absolute atomic E-state index is 0.165. The highest BCUT2D eigenvalue weighted by atomic mass is 16.2. The Hall–Kier alpha value is -2.29. The second-order valence-electron chi connectivity index (χ2n) is 4.54. The zero-order valence-electron chi connectivity index (χ0n) is 9.88. The minimum Gasteiger partial charge on any atom is -0.293 e. The van der Waals surface area contributed by atoms with Crippen molar-refractivity contribution in [2.24, 2.45) is 0 Å². The Morgan fingerprint density at radius 1 is 0.889 bits per heavy atom. The summed E-state index contributed by atoms with van der Waals surface area (Å²) in [6, 6.07) is 12.2. The second kappa shape index (κ2) is 3.60. The smallest absolute Gasteiger partial charge is 0.183 e. The van der Waals surface area contributed by atoms with Crippen molar-refractivity contribution in [1.29, 1.82) is 0 Å². The molecule has 1 aliphatic rings. The Bertz CT molecular complexity index is 612. The zero-order chi connectivity index (χ0) is 12.8. The van der Waals surface area contributed by atoms with Crippen molar-refractivity contribution in [2.75, 3.05) is 0 Å². The summed E-state index contributed by atoms with van der Waals surface area (Å²) in [5.41, 5.74) is 0.327. The summed E-state index contributed by atoms with van der Waals surface area (Å²) in [5.74, 6) is -0.330. The van der Waals surface area contributed by atoms with Gasteiger partial charge in [0.1, 0.15) is 5.41 Å². The fourth-order valence-corrected chi connectivity index (χ4v) is 2.41. The van der Waals surface area contributed by atoms with E-state index in [9.17, 15) is 9.59 Å². The van der Waals surface area contributed by atoms with Gasteiger partial charge in [0.2, 0.25) is 0 Å². The molecule has 1 aliphatic carbocycles.